The lowest BCUT2D eigenvalue weighted by atomic mass is 9.41. The molecule has 0 radical (unpaired) electrons. The lowest BCUT2D eigenvalue weighted by molar-refractivity contribution is -0.203. The summed E-state index contributed by atoms with van der Waals surface area (Å²) in [6.45, 7) is 15.9. The van der Waals surface area contributed by atoms with Gasteiger partial charge in [0.2, 0.25) is 0 Å². The molecule has 7 nitrogen and oxygen atoms in total. The van der Waals surface area contributed by atoms with Gasteiger partial charge in [0.25, 0.3) is 10.0 Å². The second-order valence-corrected chi connectivity index (χ2v) is 17.9. The highest BCUT2D eigenvalue weighted by Crippen LogP contribution is 2.69. The van der Waals surface area contributed by atoms with Gasteiger partial charge in [-0.25, -0.2) is 17.9 Å². The maximum atomic E-state index is 12.9. The number of benzene rings is 1. The molecule has 5 rings (SSSR count). The van der Waals surface area contributed by atoms with Crippen molar-refractivity contribution in [1.29, 1.82) is 0 Å². The molecule has 0 bridgehead atoms. The van der Waals surface area contributed by atoms with Gasteiger partial charge in [0, 0.05) is 6.54 Å². The number of carbonyl (C=O) groups excluding carboxylic acids is 1. The second-order valence-electron chi connectivity index (χ2n) is 16.2. The van der Waals surface area contributed by atoms with Crippen LogP contribution in [0.15, 0.2) is 29.2 Å². The molecule has 242 valence electrons. The lowest BCUT2D eigenvalue weighted by Crippen LogP contribution is -2.62. The molecule has 4 N–H and O–H groups in total. The minimum Gasteiger partial charge on any atom is -0.393 e. The number of nitrogens with one attached hydrogen (secondary N) is 2. The number of fused-ring (bicyclic) bond motifs is 5. The van der Waals surface area contributed by atoms with Gasteiger partial charge in [0.15, 0.2) is 0 Å². The molecule has 0 heterocycles. The summed E-state index contributed by atoms with van der Waals surface area (Å²) in [5.74, 6) is 2.40. The van der Waals surface area contributed by atoms with Crippen LogP contribution in [0.25, 0.3) is 0 Å². The molecular formula is C35H56N2O5S. The van der Waals surface area contributed by atoms with E-state index in [0.29, 0.717) is 30.2 Å². The molecule has 1 aromatic rings. The summed E-state index contributed by atoms with van der Waals surface area (Å²) < 4.78 is 28.0. The summed E-state index contributed by atoms with van der Waals surface area (Å²) in [6.07, 6.45) is 7.51. The molecule has 0 saturated heterocycles. The predicted molar refractivity (Wildman–Crippen MR) is 170 cm³/mol. The van der Waals surface area contributed by atoms with Gasteiger partial charge in [0.1, 0.15) is 0 Å². The number of aliphatic hydroxyl groups is 2. The summed E-state index contributed by atoms with van der Waals surface area (Å²) in [6, 6.07) is 6.00. The average Bonchev–Trinajstić information content (AvgIpc) is 3.29. The third kappa shape index (κ3) is 5.78. The Hall–Kier alpha value is -1.64. The molecular weight excluding hydrogens is 560 g/mol. The van der Waals surface area contributed by atoms with Crippen LogP contribution in [0, 0.1) is 52.3 Å². The van der Waals surface area contributed by atoms with E-state index in [0.717, 1.165) is 56.9 Å². The maximum Gasteiger partial charge on any atom is 0.328 e. The summed E-state index contributed by atoms with van der Waals surface area (Å²) in [4.78, 5) is 12.9. The molecule has 0 spiro atoms. The number of amides is 2. The summed E-state index contributed by atoms with van der Waals surface area (Å²) in [5, 5.41) is 25.3. The zero-order valence-electron chi connectivity index (χ0n) is 27.4. The molecule has 11 atom stereocenters. The van der Waals surface area contributed by atoms with Gasteiger partial charge >= 0.3 is 6.03 Å². The smallest absolute Gasteiger partial charge is 0.328 e. The van der Waals surface area contributed by atoms with Crippen molar-refractivity contribution in [1.82, 2.24) is 10.0 Å². The Bertz CT molecular complexity index is 1280. The van der Waals surface area contributed by atoms with E-state index < -0.39 is 16.1 Å². The zero-order chi connectivity index (χ0) is 31.5. The first-order valence-electron chi connectivity index (χ1n) is 16.8. The zero-order valence-corrected chi connectivity index (χ0v) is 28.2. The van der Waals surface area contributed by atoms with Gasteiger partial charge in [-0.3, -0.25) is 0 Å². The fourth-order valence-electron chi connectivity index (χ4n) is 10.7. The SMILES string of the molecule is CC[C@H]1[C@@H](O)C2C3CC[C@H]([C@H](C)CNC(=O)NS(=O)(=O)c4ccc(C(C)(C)C)cc4)C3(C)CCC2[C@@]2(C)CC[C@@H](O)C[C@@H]12. The minimum absolute atomic E-state index is 0.0754. The molecule has 4 aliphatic carbocycles. The topological polar surface area (TPSA) is 116 Å². The number of carbonyl (C=O) groups is 1. The molecule has 8 heteroatoms. The summed E-state index contributed by atoms with van der Waals surface area (Å²) in [7, 11) is -3.97. The van der Waals surface area contributed by atoms with Gasteiger partial charge < -0.3 is 15.5 Å². The monoisotopic (exact) mass is 616 g/mol. The molecule has 1 aromatic carbocycles. The Morgan fingerprint density at radius 2 is 1.60 bits per heavy atom. The number of hydrogen-bond acceptors (Lipinski definition) is 5. The van der Waals surface area contributed by atoms with Crippen molar-refractivity contribution in [2.24, 2.45) is 52.3 Å². The van der Waals surface area contributed by atoms with Crippen LogP contribution in [-0.4, -0.2) is 43.4 Å². The van der Waals surface area contributed by atoms with E-state index in [2.05, 4.69) is 58.5 Å². The first kappa shape index (κ1) is 32.7. The number of sulfonamides is 1. The normalized spacial score (nSPS) is 40.1. The fourth-order valence-corrected chi connectivity index (χ4v) is 11.6. The Labute approximate surface area is 260 Å². The second kappa shape index (κ2) is 11.6. The highest BCUT2D eigenvalue weighted by atomic mass is 32.2. The quantitative estimate of drug-likeness (QED) is 0.302. The Morgan fingerprint density at radius 1 is 0.977 bits per heavy atom. The molecule has 2 amide bonds. The molecule has 0 aliphatic heterocycles. The van der Waals surface area contributed by atoms with Crippen molar-refractivity contribution in [2.75, 3.05) is 6.54 Å². The molecule has 4 aliphatic rings. The van der Waals surface area contributed by atoms with Crippen molar-refractivity contribution >= 4 is 16.1 Å². The Balaban J connectivity index is 1.24. The van der Waals surface area contributed by atoms with Gasteiger partial charge in [-0.15, -0.1) is 0 Å². The van der Waals surface area contributed by atoms with Crippen molar-refractivity contribution in [3.63, 3.8) is 0 Å². The number of urea groups is 1. The highest BCUT2D eigenvalue weighted by Gasteiger charge is 2.64. The third-order valence-electron chi connectivity index (χ3n) is 13.0. The van der Waals surface area contributed by atoms with Crippen LogP contribution < -0.4 is 10.0 Å². The Kier molecular flexibility index (Phi) is 8.85. The average molecular weight is 617 g/mol. The van der Waals surface area contributed by atoms with Gasteiger partial charge in [0.05, 0.1) is 17.1 Å². The molecule has 0 aromatic heterocycles. The maximum absolute atomic E-state index is 12.9. The van der Waals surface area contributed by atoms with Crippen LogP contribution in [0.2, 0.25) is 0 Å². The van der Waals surface area contributed by atoms with E-state index in [-0.39, 0.29) is 51.1 Å². The van der Waals surface area contributed by atoms with Crippen LogP contribution in [0.1, 0.15) is 105 Å². The number of aliphatic hydroxyl groups excluding tert-OH is 2. The van der Waals surface area contributed by atoms with Crippen LogP contribution in [0.3, 0.4) is 0 Å². The number of rotatable bonds is 6. The first-order chi connectivity index (χ1) is 20.0. The van der Waals surface area contributed by atoms with Crippen LogP contribution in [0.4, 0.5) is 4.79 Å². The van der Waals surface area contributed by atoms with Crippen molar-refractivity contribution < 1.29 is 23.4 Å². The summed E-state index contributed by atoms with van der Waals surface area (Å²) >= 11 is 0. The lowest BCUT2D eigenvalue weighted by Gasteiger charge is -2.64. The highest BCUT2D eigenvalue weighted by molar-refractivity contribution is 7.90. The molecule has 4 fully saturated rings. The molecule has 43 heavy (non-hydrogen) atoms. The van der Waals surface area contributed by atoms with E-state index in [1.54, 1.807) is 24.3 Å². The van der Waals surface area contributed by atoms with Crippen LogP contribution in [-0.2, 0) is 15.4 Å². The fraction of sp³-hybridized carbons (Fsp3) is 0.800. The standard InChI is InChI=1S/C35H56N2O5S/c1-8-25-29-19-23(38)15-17-35(29,7)28-16-18-34(6)26(13-14-27(34)30(28)31(25)39)21(2)20-36-32(40)37-43(41,42)24-11-9-22(10-12-24)33(3,4)5/h9-12,21,23,25-31,38-39H,8,13-20H2,1-7H3,(H2,36,37,40)/t21-,23-,25-,26-,27?,28?,29+,30?,31-,34?,35-/m1/s1. The number of hydrogen-bond donors (Lipinski definition) is 4. The summed E-state index contributed by atoms with van der Waals surface area (Å²) in [5.41, 5.74) is 1.19. The van der Waals surface area contributed by atoms with Gasteiger partial charge in [-0.2, -0.15) is 0 Å². The van der Waals surface area contributed by atoms with Crippen LogP contribution >= 0.6 is 0 Å². The van der Waals surface area contributed by atoms with Crippen molar-refractivity contribution in [3.05, 3.63) is 29.8 Å². The van der Waals surface area contributed by atoms with E-state index in [1.165, 1.54) is 0 Å². The van der Waals surface area contributed by atoms with Crippen molar-refractivity contribution in [2.45, 2.75) is 122 Å². The molecule has 4 saturated carbocycles. The van der Waals surface area contributed by atoms with E-state index in [4.69, 9.17) is 0 Å². The predicted octanol–water partition coefficient (Wildman–Crippen LogP) is 6.23. The largest absolute Gasteiger partial charge is 0.393 e. The first-order valence-corrected chi connectivity index (χ1v) is 18.3. The van der Waals surface area contributed by atoms with Gasteiger partial charge in [-0.1, -0.05) is 67.0 Å². The molecule has 4 unspecified atom stereocenters. The van der Waals surface area contributed by atoms with Gasteiger partial charge in [-0.05, 0) is 120 Å². The van der Waals surface area contributed by atoms with E-state index in [9.17, 15) is 23.4 Å². The van der Waals surface area contributed by atoms with Crippen molar-refractivity contribution in [3.8, 4) is 0 Å². The minimum atomic E-state index is -3.97. The third-order valence-corrected chi connectivity index (χ3v) is 14.3. The van der Waals surface area contributed by atoms with E-state index >= 15 is 0 Å². The Morgan fingerprint density at radius 3 is 2.23 bits per heavy atom. The van der Waals surface area contributed by atoms with E-state index in [1.807, 2.05) is 0 Å². The van der Waals surface area contributed by atoms with Crippen LogP contribution in [0.5, 0.6) is 0 Å².